The molecule has 0 aliphatic carbocycles. The molecule has 2 aliphatic rings. The standard InChI is InChI=1S/C21H17FN2O2S/c1-2-14-6-8-15(9-7-14)13-23-18-10-11-27-19(18)20(25)24(21(23)26)17-5-3-4-16(22)12-17/h2-12,18-19H,1,13H2. The molecule has 4 nitrogen and oxygen atoms in total. The number of carbonyl (C=O) groups is 2. The minimum atomic E-state index is -0.487. The first-order valence-corrected chi connectivity index (χ1v) is 9.46. The molecular weight excluding hydrogens is 363 g/mol. The molecule has 0 aromatic heterocycles. The average molecular weight is 380 g/mol. The summed E-state index contributed by atoms with van der Waals surface area (Å²) in [6.45, 7) is 4.10. The lowest BCUT2D eigenvalue weighted by molar-refractivity contribution is -0.119. The summed E-state index contributed by atoms with van der Waals surface area (Å²) in [5.74, 6) is -0.803. The molecule has 0 bridgehead atoms. The van der Waals surface area contributed by atoms with Crippen LogP contribution in [0.3, 0.4) is 0 Å². The Morgan fingerprint density at radius 1 is 1.15 bits per heavy atom. The van der Waals surface area contributed by atoms with E-state index in [1.54, 1.807) is 17.0 Å². The van der Waals surface area contributed by atoms with Gasteiger partial charge >= 0.3 is 6.03 Å². The number of benzene rings is 2. The molecule has 2 unspecified atom stereocenters. The van der Waals surface area contributed by atoms with E-state index in [1.165, 1.54) is 30.0 Å². The van der Waals surface area contributed by atoms with Gasteiger partial charge in [-0.3, -0.25) is 4.79 Å². The Morgan fingerprint density at radius 3 is 2.63 bits per heavy atom. The molecule has 2 atom stereocenters. The molecule has 27 heavy (non-hydrogen) atoms. The highest BCUT2D eigenvalue weighted by molar-refractivity contribution is 8.03. The molecule has 0 spiro atoms. The fraction of sp³-hybridized carbons (Fsp3) is 0.143. The van der Waals surface area contributed by atoms with Gasteiger partial charge < -0.3 is 4.90 Å². The van der Waals surface area contributed by atoms with Crippen LogP contribution in [0.15, 0.2) is 66.6 Å². The quantitative estimate of drug-likeness (QED) is 0.788. The number of amides is 3. The summed E-state index contributed by atoms with van der Waals surface area (Å²) < 4.78 is 13.7. The Morgan fingerprint density at radius 2 is 1.93 bits per heavy atom. The normalized spacial score (nSPS) is 21.5. The second-order valence-electron chi connectivity index (χ2n) is 6.39. The molecule has 2 heterocycles. The highest BCUT2D eigenvalue weighted by atomic mass is 32.2. The van der Waals surface area contributed by atoms with Gasteiger partial charge in [-0.15, -0.1) is 11.8 Å². The van der Waals surface area contributed by atoms with Crippen molar-refractivity contribution in [3.8, 4) is 0 Å². The van der Waals surface area contributed by atoms with Crippen LogP contribution in [0, 0.1) is 5.82 Å². The Hall–Kier alpha value is -2.86. The Bertz CT molecular complexity index is 941. The largest absolute Gasteiger partial charge is 0.332 e. The molecule has 1 fully saturated rings. The smallest absolute Gasteiger partial charge is 0.312 e. The number of hydrogen-bond acceptors (Lipinski definition) is 3. The van der Waals surface area contributed by atoms with Gasteiger partial charge in [0.2, 0.25) is 0 Å². The summed E-state index contributed by atoms with van der Waals surface area (Å²) in [5.41, 5.74) is 2.20. The number of anilines is 1. The van der Waals surface area contributed by atoms with Crippen LogP contribution >= 0.6 is 11.8 Å². The number of hydrogen-bond donors (Lipinski definition) is 0. The molecule has 2 aromatic carbocycles. The molecule has 6 heteroatoms. The van der Waals surface area contributed by atoms with Crippen LogP contribution in [0.1, 0.15) is 11.1 Å². The lowest BCUT2D eigenvalue weighted by Crippen LogP contribution is -2.61. The minimum Gasteiger partial charge on any atom is -0.312 e. The first-order valence-electron chi connectivity index (χ1n) is 8.52. The van der Waals surface area contributed by atoms with Crippen molar-refractivity contribution in [3.05, 3.63) is 83.5 Å². The Kier molecular flexibility index (Phi) is 4.58. The zero-order chi connectivity index (χ0) is 19.0. The third-order valence-corrected chi connectivity index (χ3v) is 5.79. The summed E-state index contributed by atoms with van der Waals surface area (Å²) >= 11 is 1.39. The van der Waals surface area contributed by atoms with Gasteiger partial charge in [-0.05, 0) is 34.7 Å². The molecule has 2 aliphatic heterocycles. The van der Waals surface area contributed by atoms with Gasteiger partial charge in [-0.25, -0.2) is 14.1 Å². The van der Waals surface area contributed by atoms with Crippen LogP contribution in [-0.4, -0.2) is 28.1 Å². The summed E-state index contributed by atoms with van der Waals surface area (Å²) in [6, 6.07) is 12.6. The van der Waals surface area contributed by atoms with Gasteiger partial charge in [0.15, 0.2) is 0 Å². The van der Waals surface area contributed by atoms with Gasteiger partial charge in [0.05, 0.1) is 11.7 Å². The first kappa shape index (κ1) is 17.5. The molecule has 0 N–H and O–H groups in total. The third-order valence-electron chi connectivity index (χ3n) is 4.71. The van der Waals surface area contributed by atoms with E-state index in [9.17, 15) is 14.0 Å². The van der Waals surface area contributed by atoms with Crippen LogP contribution in [0.4, 0.5) is 14.9 Å². The SMILES string of the molecule is C=Cc1ccc(CN2C(=O)N(c3cccc(F)c3)C(=O)C3SC=CC32)cc1. The van der Waals surface area contributed by atoms with Gasteiger partial charge in [-0.1, -0.05) is 49.1 Å². The monoisotopic (exact) mass is 380 g/mol. The summed E-state index contributed by atoms with van der Waals surface area (Å²) in [6.07, 6.45) is 3.64. The van der Waals surface area contributed by atoms with Crippen LogP contribution < -0.4 is 4.90 Å². The van der Waals surface area contributed by atoms with Crippen LogP contribution in [0.5, 0.6) is 0 Å². The minimum absolute atomic E-state index is 0.253. The van der Waals surface area contributed by atoms with Crippen molar-refractivity contribution in [2.75, 3.05) is 4.90 Å². The van der Waals surface area contributed by atoms with Crippen molar-refractivity contribution < 1.29 is 14.0 Å². The lowest BCUT2D eigenvalue weighted by atomic mass is 10.0. The molecule has 136 valence electrons. The molecule has 3 amide bonds. The second kappa shape index (κ2) is 7.04. The highest BCUT2D eigenvalue weighted by Gasteiger charge is 2.47. The fourth-order valence-electron chi connectivity index (χ4n) is 3.32. The Balaban J connectivity index is 1.68. The molecule has 2 aromatic rings. The third kappa shape index (κ3) is 3.17. The van der Waals surface area contributed by atoms with Crippen molar-refractivity contribution in [1.29, 1.82) is 0 Å². The predicted octanol–water partition coefficient (Wildman–Crippen LogP) is 4.44. The number of urea groups is 1. The number of imide groups is 1. The average Bonchev–Trinajstić information content (AvgIpc) is 3.16. The number of nitrogens with zero attached hydrogens (tertiary/aromatic N) is 2. The van der Waals surface area contributed by atoms with E-state index in [-0.39, 0.29) is 17.6 Å². The van der Waals surface area contributed by atoms with Gasteiger partial charge in [0, 0.05) is 6.54 Å². The maximum absolute atomic E-state index is 13.7. The van der Waals surface area contributed by atoms with E-state index in [1.807, 2.05) is 35.7 Å². The maximum Gasteiger partial charge on any atom is 0.332 e. The number of carbonyl (C=O) groups excluding carboxylic acids is 2. The fourth-order valence-corrected chi connectivity index (χ4v) is 4.36. The lowest BCUT2D eigenvalue weighted by Gasteiger charge is -2.41. The number of rotatable bonds is 4. The predicted molar refractivity (Wildman–Crippen MR) is 106 cm³/mol. The van der Waals surface area contributed by atoms with Gasteiger partial charge in [-0.2, -0.15) is 0 Å². The van der Waals surface area contributed by atoms with Crippen LogP contribution in [-0.2, 0) is 11.3 Å². The summed E-state index contributed by atoms with van der Waals surface area (Å²) in [4.78, 5) is 28.8. The van der Waals surface area contributed by atoms with Crippen molar-refractivity contribution in [1.82, 2.24) is 4.90 Å². The van der Waals surface area contributed by atoms with Crippen LogP contribution in [0.2, 0.25) is 0 Å². The number of halogens is 1. The molecule has 0 radical (unpaired) electrons. The van der Waals surface area contributed by atoms with Crippen molar-refractivity contribution in [3.63, 3.8) is 0 Å². The van der Waals surface area contributed by atoms with Gasteiger partial charge in [0.25, 0.3) is 5.91 Å². The van der Waals surface area contributed by atoms with E-state index in [4.69, 9.17) is 0 Å². The Labute approximate surface area is 161 Å². The van der Waals surface area contributed by atoms with E-state index >= 15 is 0 Å². The number of thioether (sulfide) groups is 1. The number of fused-ring (bicyclic) bond motifs is 1. The molecule has 4 rings (SSSR count). The second-order valence-corrected chi connectivity index (χ2v) is 7.44. The zero-order valence-electron chi connectivity index (χ0n) is 14.4. The van der Waals surface area contributed by atoms with Crippen molar-refractivity contribution >= 4 is 35.5 Å². The van der Waals surface area contributed by atoms with Crippen molar-refractivity contribution in [2.45, 2.75) is 17.8 Å². The van der Waals surface area contributed by atoms with E-state index in [0.717, 1.165) is 16.0 Å². The van der Waals surface area contributed by atoms with Crippen molar-refractivity contribution in [2.24, 2.45) is 0 Å². The topological polar surface area (TPSA) is 40.6 Å². The van der Waals surface area contributed by atoms with Gasteiger partial charge in [0.1, 0.15) is 11.1 Å². The maximum atomic E-state index is 13.7. The van der Waals surface area contributed by atoms with Crippen LogP contribution in [0.25, 0.3) is 6.08 Å². The zero-order valence-corrected chi connectivity index (χ0v) is 15.2. The van der Waals surface area contributed by atoms with E-state index in [0.29, 0.717) is 6.54 Å². The highest BCUT2D eigenvalue weighted by Crippen LogP contribution is 2.37. The first-order chi connectivity index (χ1) is 13.1. The molecule has 0 saturated carbocycles. The summed E-state index contributed by atoms with van der Waals surface area (Å²) in [5, 5.41) is 1.43. The summed E-state index contributed by atoms with van der Waals surface area (Å²) in [7, 11) is 0. The van der Waals surface area contributed by atoms with E-state index < -0.39 is 17.1 Å². The molecular formula is C21H17FN2O2S. The van der Waals surface area contributed by atoms with E-state index in [2.05, 4.69) is 6.58 Å². The molecule has 1 saturated heterocycles.